The van der Waals surface area contributed by atoms with E-state index in [-0.39, 0.29) is 12.1 Å². The second-order valence-electron chi connectivity index (χ2n) is 4.31. The molecule has 0 aliphatic heterocycles. The van der Waals surface area contributed by atoms with Crippen molar-refractivity contribution in [2.45, 2.75) is 39.3 Å². The largest absolute Gasteiger partial charge is 0.392 e. The SMILES string of the molecule is CC(C)C(N)CCN(C)C[C@@H](C)O. The molecule has 0 aliphatic carbocycles. The molecule has 3 heteroatoms. The highest BCUT2D eigenvalue weighted by Crippen LogP contribution is 2.03. The zero-order valence-electron chi connectivity index (χ0n) is 9.33. The van der Waals surface area contributed by atoms with E-state index >= 15 is 0 Å². The van der Waals surface area contributed by atoms with Gasteiger partial charge in [-0.2, -0.15) is 0 Å². The normalized spacial score (nSPS) is 16.6. The van der Waals surface area contributed by atoms with Crippen LogP contribution in [-0.2, 0) is 0 Å². The molecule has 0 saturated carbocycles. The van der Waals surface area contributed by atoms with Gasteiger partial charge in [0.25, 0.3) is 0 Å². The third-order valence-electron chi connectivity index (χ3n) is 2.28. The lowest BCUT2D eigenvalue weighted by Gasteiger charge is -2.22. The van der Waals surface area contributed by atoms with E-state index in [1.54, 1.807) is 6.92 Å². The number of aliphatic hydroxyl groups is 1. The molecule has 0 spiro atoms. The first-order chi connectivity index (χ1) is 5.93. The van der Waals surface area contributed by atoms with Crippen LogP contribution in [0.4, 0.5) is 0 Å². The van der Waals surface area contributed by atoms with Gasteiger partial charge in [0.15, 0.2) is 0 Å². The molecule has 3 N–H and O–H groups in total. The molecule has 0 rings (SSSR count). The van der Waals surface area contributed by atoms with Gasteiger partial charge in [-0.25, -0.2) is 0 Å². The molecule has 0 aromatic heterocycles. The maximum absolute atomic E-state index is 9.12. The standard InChI is InChI=1S/C10H24N2O/c1-8(2)10(11)5-6-12(4)7-9(3)13/h8-10,13H,5-7,11H2,1-4H3/t9-,10?/m1/s1. The minimum atomic E-state index is -0.250. The second kappa shape index (κ2) is 6.35. The molecule has 0 aromatic carbocycles. The van der Waals surface area contributed by atoms with Gasteiger partial charge in [0.1, 0.15) is 0 Å². The molecule has 1 unspecified atom stereocenters. The van der Waals surface area contributed by atoms with Crippen molar-refractivity contribution in [1.29, 1.82) is 0 Å². The van der Waals surface area contributed by atoms with Crippen molar-refractivity contribution in [3.05, 3.63) is 0 Å². The van der Waals surface area contributed by atoms with Crippen molar-refractivity contribution in [2.75, 3.05) is 20.1 Å². The molecule has 0 radical (unpaired) electrons. The van der Waals surface area contributed by atoms with E-state index in [0.717, 1.165) is 19.5 Å². The van der Waals surface area contributed by atoms with E-state index in [1.807, 2.05) is 7.05 Å². The number of hydrogen-bond acceptors (Lipinski definition) is 3. The number of likely N-dealkylation sites (N-methyl/N-ethyl adjacent to an activating group) is 1. The molecule has 0 aromatic rings. The van der Waals surface area contributed by atoms with Gasteiger partial charge < -0.3 is 15.7 Å². The average Bonchev–Trinajstić information content (AvgIpc) is 1.98. The zero-order chi connectivity index (χ0) is 10.4. The Labute approximate surface area is 81.9 Å². The van der Waals surface area contributed by atoms with Gasteiger partial charge >= 0.3 is 0 Å². The van der Waals surface area contributed by atoms with E-state index in [1.165, 1.54) is 0 Å². The molecule has 0 fully saturated rings. The summed E-state index contributed by atoms with van der Waals surface area (Å²) < 4.78 is 0. The fraction of sp³-hybridized carbons (Fsp3) is 1.00. The minimum Gasteiger partial charge on any atom is -0.392 e. The van der Waals surface area contributed by atoms with Crippen LogP contribution < -0.4 is 5.73 Å². The molecule has 0 saturated heterocycles. The van der Waals surface area contributed by atoms with Crippen LogP contribution in [0.15, 0.2) is 0 Å². The van der Waals surface area contributed by atoms with Crippen LogP contribution in [-0.4, -0.2) is 42.3 Å². The summed E-state index contributed by atoms with van der Waals surface area (Å²) in [6, 6.07) is 0.274. The number of nitrogens with two attached hydrogens (primary N) is 1. The summed E-state index contributed by atoms with van der Waals surface area (Å²) >= 11 is 0. The first-order valence-corrected chi connectivity index (χ1v) is 5.05. The van der Waals surface area contributed by atoms with Crippen LogP contribution in [0.5, 0.6) is 0 Å². The van der Waals surface area contributed by atoms with Crippen LogP contribution in [0, 0.1) is 5.92 Å². The fourth-order valence-corrected chi connectivity index (χ4v) is 1.25. The van der Waals surface area contributed by atoms with Crippen LogP contribution in [0.1, 0.15) is 27.2 Å². The summed E-state index contributed by atoms with van der Waals surface area (Å²) in [5.41, 5.74) is 5.91. The van der Waals surface area contributed by atoms with Crippen molar-refractivity contribution in [1.82, 2.24) is 4.90 Å². The monoisotopic (exact) mass is 188 g/mol. The Morgan fingerprint density at radius 1 is 1.31 bits per heavy atom. The quantitative estimate of drug-likeness (QED) is 0.644. The third-order valence-corrected chi connectivity index (χ3v) is 2.28. The van der Waals surface area contributed by atoms with Crippen LogP contribution in [0.3, 0.4) is 0 Å². The van der Waals surface area contributed by atoms with Crippen LogP contribution in [0.2, 0.25) is 0 Å². The van der Waals surface area contributed by atoms with E-state index in [4.69, 9.17) is 10.8 Å². The highest BCUT2D eigenvalue weighted by atomic mass is 16.3. The van der Waals surface area contributed by atoms with Gasteiger partial charge in [-0.3, -0.25) is 0 Å². The number of hydrogen-bond donors (Lipinski definition) is 2. The van der Waals surface area contributed by atoms with E-state index in [2.05, 4.69) is 18.7 Å². The summed E-state index contributed by atoms with van der Waals surface area (Å²) in [7, 11) is 2.01. The zero-order valence-corrected chi connectivity index (χ0v) is 9.33. The summed E-state index contributed by atoms with van der Waals surface area (Å²) in [5.74, 6) is 0.542. The van der Waals surface area contributed by atoms with Crippen molar-refractivity contribution in [3.63, 3.8) is 0 Å². The Morgan fingerprint density at radius 2 is 1.85 bits per heavy atom. The predicted molar refractivity (Wildman–Crippen MR) is 56.6 cm³/mol. The van der Waals surface area contributed by atoms with Gasteiger partial charge in [-0.1, -0.05) is 13.8 Å². The maximum atomic E-state index is 9.12. The molecule has 80 valence electrons. The Kier molecular flexibility index (Phi) is 6.29. The first kappa shape index (κ1) is 12.9. The second-order valence-corrected chi connectivity index (χ2v) is 4.31. The van der Waals surface area contributed by atoms with E-state index in [0.29, 0.717) is 5.92 Å². The molecule has 0 aliphatic rings. The third kappa shape index (κ3) is 6.99. The lowest BCUT2D eigenvalue weighted by molar-refractivity contribution is 0.138. The predicted octanol–water partition coefficient (Wildman–Crippen LogP) is 0.672. The Bertz CT molecular complexity index is 126. The molecule has 0 heterocycles. The summed E-state index contributed by atoms with van der Waals surface area (Å²) in [6.45, 7) is 7.77. The van der Waals surface area contributed by atoms with Gasteiger partial charge in [-0.05, 0) is 32.9 Å². The van der Waals surface area contributed by atoms with Crippen molar-refractivity contribution < 1.29 is 5.11 Å². The molecule has 0 bridgehead atoms. The molecule has 0 amide bonds. The Balaban J connectivity index is 3.51. The van der Waals surface area contributed by atoms with Gasteiger partial charge in [0, 0.05) is 12.6 Å². The molecule has 2 atom stereocenters. The summed E-state index contributed by atoms with van der Waals surface area (Å²) in [6.07, 6.45) is 0.751. The van der Waals surface area contributed by atoms with Gasteiger partial charge in [0.05, 0.1) is 6.10 Å². The molecule has 3 nitrogen and oxygen atoms in total. The molecular formula is C10H24N2O. The molecular weight excluding hydrogens is 164 g/mol. The Morgan fingerprint density at radius 3 is 2.23 bits per heavy atom. The number of rotatable bonds is 6. The van der Waals surface area contributed by atoms with Crippen LogP contribution >= 0.6 is 0 Å². The topological polar surface area (TPSA) is 49.5 Å². The fourth-order valence-electron chi connectivity index (χ4n) is 1.25. The lowest BCUT2D eigenvalue weighted by Crippen LogP contribution is -2.34. The van der Waals surface area contributed by atoms with Crippen molar-refractivity contribution >= 4 is 0 Å². The highest BCUT2D eigenvalue weighted by Gasteiger charge is 2.09. The molecule has 13 heavy (non-hydrogen) atoms. The Hall–Kier alpha value is -0.120. The average molecular weight is 188 g/mol. The van der Waals surface area contributed by atoms with E-state index < -0.39 is 0 Å². The van der Waals surface area contributed by atoms with E-state index in [9.17, 15) is 0 Å². The van der Waals surface area contributed by atoms with Crippen LogP contribution in [0.25, 0.3) is 0 Å². The van der Waals surface area contributed by atoms with Gasteiger partial charge in [-0.15, -0.1) is 0 Å². The smallest absolute Gasteiger partial charge is 0.0638 e. The first-order valence-electron chi connectivity index (χ1n) is 5.05. The number of nitrogens with zero attached hydrogens (tertiary/aromatic N) is 1. The minimum absolute atomic E-state index is 0.250. The summed E-state index contributed by atoms with van der Waals surface area (Å²) in [5, 5.41) is 9.12. The summed E-state index contributed by atoms with van der Waals surface area (Å²) in [4.78, 5) is 2.12. The lowest BCUT2D eigenvalue weighted by atomic mass is 10.0. The maximum Gasteiger partial charge on any atom is 0.0638 e. The van der Waals surface area contributed by atoms with Gasteiger partial charge in [0.2, 0.25) is 0 Å². The number of aliphatic hydroxyl groups excluding tert-OH is 1. The van der Waals surface area contributed by atoms with Crippen molar-refractivity contribution in [3.8, 4) is 0 Å². The highest BCUT2D eigenvalue weighted by molar-refractivity contribution is 4.67. The van der Waals surface area contributed by atoms with Crippen molar-refractivity contribution in [2.24, 2.45) is 11.7 Å².